The van der Waals surface area contributed by atoms with E-state index in [1.165, 1.54) is 12.3 Å². The molecular formula is C13H13BrClNO2S2. The molecule has 1 aromatic heterocycles. The Hall–Kier alpha value is -0.560. The summed E-state index contributed by atoms with van der Waals surface area (Å²) in [5, 5.41) is 5.74. The molecule has 0 aliphatic rings. The van der Waals surface area contributed by atoms with Crippen LogP contribution in [0.4, 0.5) is 5.69 Å². The number of hydrogen-bond donors (Lipinski definition) is 1. The second kappa shape index (κ2) is 6.05. The molecule has 3 nitrogen and oxygen atoms in total. The number of halogens is 2. The van der Waals surface area contributed by atoms with E-state index in [2.05, 4.69) is 21.2 Å². The zero-order chi connectivity index (χ0) is 14.9. The van der Waals surface area contributed by atoms with Crippen molar-refractivity contribution in [2.24, 2.45) is 0 Å². The molecule has 0 amide bonds. The lowest BCUT2D eigenvalue weighted by Crippen LogP contribution is -2.07. The van der Waals surface area contributed by atoms with Crippen molar-refractivity contribution >= 4 is 54.4 Å². The summed E-state index contributed by atoms with van der Waals surface area (Å²) in [7, 11) is -3.25. The lowest BCUT2D eigenvalue weighted by atomic mass is 10.2. The van der Waals surface area contributed by atoms with Crippen molar-refractivity contribution in [1.82, 2.24) is 0 Å². The monoisotopic (exact) mass is 393 g/mol. The minimum Gasteiger partial charge on any atom is -0.376 e. The van der Waals surface area contributed by atoms with Gasteiger partial charge in [0, 0.05) is 15.6 Å². The van der Waals surface area contributed by atoms with Crippen LogP contribution in [-0.4, -0.2) is 14.7 Å². The quantitative estimate of drug-likeness (QED) is 0.814. The number of rotatable bonds is 4. The molecule has 1 unspecified atom stereocenters. The van der Waals surface area contributed by atoms with E-state index in [-0.39, 0.29) is 10.9 Å². The Bertz CT molecular complexity index is 728. The Labute approximate surface area is 136 Å². The van der Waals surface area contributed by atoms with Crippen LogP contribution in [0.1, 0.15) is 17.8 Å². The van der Waals surface area contributed by atoms with Crippen LogP contribution in [0.5, 0.6) is 0 Å². The van der Waals surface area contributed by atoms with Gasteiger partial charge in [0.25, 0.3) is 0 Å². The van der Waals surface area contributed by atoms with Crippen LogP contribution in [0.2, 0.25) is 5.02 Å². The normalized spacial score (nSPS) is 13.2. The summed E-state index contributed by atoms with van der Waals surface area (Å²) in [4.78, 5) is 1.38. The highest BCUT2D eigenvalue weighted by Gasteiger charge is 2.14. The number of anilines is 1. The van der Waals surface area contributed by atoms with Gasteiger partial charge in [-0.15, -0.1) is 11.3 Å². The largest absolute Gasteiger partial charge is 0.376 e. The van der Waals surface area contributed by atoms with Crippen molar-refractivity contribution in [1.29, 1.82) is 0 Å². The minimum atomic E-state index is -3.25. The Morgan fingerprint density at radius 1 is 1.35 bits per heavy atom. The number of benzene rings is 1. The zero-order valence-electron chi connectivity index (χ0n) is 10.9. The van der Waals surface area contributed by atoms with E-state index in [4.69, 9.17) is 11.6 Å². The molecule has 1 N–H and O–H groups in total. The second-order valence-corrected chi connectivity index (χ2v) is 8.64. The molecule has 0 bridgehead atoms. The molecule has 1 heterocycles. The molecule has 2 aromatic rings. The predicted octanol–water partition coefficient (Wildman–Crippen LogP) is 4.74. The summed E-state index contributed by atoms with van der Waals surface area (Å²) in [6.07, 6.45) is 1.18. The summed E-state index contributed by atoms with van der Waals surface area (Å²) in [6, 6.07) is 6.67. The zero-order valence-corrected chi connectivity index (χ0v) is 14.8. The Balaban J connectivity index is 2.32. The van der Waals surface area contributed by atoms with Crippen LogP contribution in [0.25, 0.3) is 0 Å². The predicted molar refractivity (Wildman–Crippen MR) is 88.6 cm³/mol. The molecule has 108 valence electrons. The molecule has 0 aliphatic carbocycles. The fourth-order valence-electron chi connectivity index (χ4n) is 1.76. The van der Waals surface area contributed by atoms with Crippen LogP contribution < -0.4 is 5.32 Å². The molecule has 7 heteroatoms. The Morgan fingerprint density at radius 3 is 2.60 bits per heavy atom. The van der Waals surface area contributed by atoms with E-state index in [0.717, 1.165) is 9.35 Å². The molecule has 0 fully saturated rings. The van der Waals surface area contributed by atoms with Gasteiger partial charge in [-0.2, -0.15) is 0 Å². The van der Waals surface area contributed by atoms with E-state index in [9.17, 15) is 8.42 Å². The van der Waals surface area contributed by atoms with Crippen molar-refractivity contribution in [3.05, 3.63) is 44.0 Å². The first-order valence-electron chi connectivity index (χ1n) is 5.78. The van der Waals surface area contributed by atoms with Gasteiger partial charge in [-0.25, -0.2) is 8.42 Å². The van der Waals surface area contributed by atoms with Gasteiger partial charge >= 0.3 is 0 Å². The highest BCUT2D eigenvalue weighted by molar-refractivity contribution is 9.10. The van der Waals surface area contributed by atoms with Gasteiger partial charge in [-0.05, 0) is 52.5 Å². The summed E-state index contributed by atoms with van der Waals surface area (Å²) in [5.74, 6) is 0. The first-order chi connectivity index (χ1) is 9.29. The molecule has 20 heavy (non-hydrogen) atoms. The van der Waals surface area contributed by atoms with Crippen molar-refractivity contribution < 1.29 is 8.42 Å². The van der Waals surface area contributed by atoms with Crippen molar-refractivity contribution in [2.45, 2.75) is 17.9 Å². The van der Waals surface area contributed by atoms with Gasteiger partial charge in [0.1, 0.15) is 0 Å². The number of thiophene rings is 1. The SMILES string of the molecule is CC(Nc1cc(S(C)(=O)=O)ccc1Cl)c1sccc1Br. The van der Waals surface area contributed by atoms with E-state index in [0.29, 0.717) is 10.7 Å². The summed E-state index contributed by atoms with van der Waals surface area (Å²) >= 11 is 11.2. The first-order valence-corrected chi connectivity index (χ1v) is 9.72. The van der Waals surface area contributed by atoms with Crippen LogP contribution in [-0.2, 0) is 9.84 Å². The lowest BCUT2D eigenvalue weighted by Gasteiger charge is -2.16. The first kappa shape index (κ1) is 15.8. The molecule has 0 spiro atoms. The third kappa shape index (κ3) is 3.55. The highest BCUT2D eigenvalue weighted by Crippen LogP contribution is 2.33. The Kier molecular flexibility index (Phi) is 4.79. The Morgan fingerprint density at radius 2 is 2.05 bits per heavy atom. The van der Waals surface area contributed by atoms with Crippen LogP contribution in [0.15, 0.2) is 39.0 Å². The van der Waals surface area contributed by atoms with Gasteiger partial charge < -0.3 is 5.32 Å². The van der Waals surface area contributed by atoms with E-state index in [1.807, 2.05) is 18.4 Å². The third-order valence-corrected chi connectivity index (χ3v) is 6.27. The summed E-state index contributed by atoms with van der Waals surface area (Å²) in [5.41, 5.74) is 0.613. The van der Waals surface area contributed by atoms with Gasteiger partial charge in [-0.1, -0.05) is 11.6 Å². The topological polar surface area (TPSA) is 46.2 Å². The van der Waals surface area contributed by atoms with Crippen molar-refractivity contribution in [3.8, 4) is 0 Å². The van der Waals surface area contributed by atoms with E-state index < -0.39 is 9.84 Å². The number of nitrogens with one attached hydrogen (secondary N) is 1. The second-order valence-electron chi connectivity index (χ2n) is 4.41. The van der Waals surface area contributed by atoms with E-state index in [1.54, 1.807) is 23.5 Å². The fourth-order valence-corrected chi connectivity index (χ4v) is 4.30. The highest BCUT2D eigenvalue weighted by atomic mass is 79.9. The lowest BCUT2D eigenvalue weighted by molar-refractivity contribution is 0.602. The summed E-state index contributed by atoms with van der Waals surface area (Å²) in [6.45, 7) is 2.00. The molecule has 0 saturated heterocycles. The van der Waals surface area contributed by atoms with Crippen molar-refractivity contribution in [2.75, 3.05) is 11.6 Å². The van der Waals surface area contributed by atoms with Gasteiger partial charge in [0.2, 0.25) is 0 Å². The molecule has 0 aliphatic heterocycles. The van der Waals surface area contributed by atoms with Crippen LogP contribution in [0.3, 0.4) is 0 Å². The molecule has 0 radical (unpaired) electrons. The maximum Gasteiger partial charge on any atom is 0.175 e. The standard InChI is InChI=1S/C13H13BrClNO2S2/c1-8(13-10(14)5-6-19-13)16-12-7-9(20(2,17)18)3-4-11(12)15/h3-8,16H,1-2H3. The van der Waals surface area contributed by atoms with Gasteiger partial charge in [0.15, 0.2) is 9.84 Å². The maximum absolute atomic E-state index is 11.6. The smallest absolute Gasteiger partial charge is 0.175 e. The van der Waals surface area contributed by atoms with Gasteiger partial charge in [-0.3, -0.25) is 0 Å². The van der Waals surface area contributed by atoms with E-state index >= 15 is 0 Å². The number of sulfone groups is 1. The average molecular weight is 395 g/mol. The average Bonchev–Trinajstić information content (AvgIpc) is 2.77. The van der Waals surface area contributed by atoms with Gasteiger partial charge in [0.05, 0.1) is 21.6 Å². The molecule has 1 atom stereocenters. The van der Waals surface area contributed by atoms with Crippen LogP contribution >= 0.6 is 38.9 Å². The van der Waals surface area contributed by atoms with Crippen molar-refractivity contribution in [3.63, 3.8) is 0 Å². The molecule has 2 rings (SSSR count). The third-order valence-electron chi connectivity index (χ3n) is 2.78. The summed E-state index contributed by atoms with van der Waals surface area (Å²) < 4.78 is 24.2. The minimum absolute atomic E-state index is 0.0247. The molecule has 0 saturated carbocycles. The van der Waals surface area contributed by atoms with Crippen LogP contribution in [0, 0.1) is 0 Å². The maximum atomic E-state index is 11.6. The molecule has 1 aromatic carbocycles. The number of hydrogen-bond acceptors (Lipinski definition) is 4. The molecular weight excluding hydrogens is 382 g/mol. The fraction of sp³-hybridized carbons (Fsp3) is 0.231.